The van der Waals surface area contributed by atoms with Crippen LogP contribution in [0.4, 0.5) is 5.69 Å². The topological polar surface area (TPSA) is 117 Å². The highest BCUT2D eigenvalue weighted by Gasteiger charge is 2.45. The maximum absolute atomic E-state index is 14.4. The highest BCUT2D eigenvalue weighted by atomic mass is 16.2. The van der Waals surface area contributed by atoms with Crippen molar-refractivity contribution < 1.29 is 14.4 Å². The summed E-state index contributed by atoms with van der Waals surface area (Å²) in [5, 5.41) is 9.51. The molecule has 5 rings (SSSR count). The Morgan fingerprint density at radius 2 is 1.56 bits per heavy atom. The van der Waals surface area contributed by atoms with Crippen LogP contribution < -0.4 is 21.7 Å². The quantitative estimate of drug-likeness (QED) is 0.335. The van der Waals surface area contributed by atoms with Crippen LogP contribution in [0.15, 0.2) is 84.9 Å². The Balaban J connectivity index is 1.53. The van der Waals surface area contributed by atoms with Gasteiger partial charge in [-0.05, 0) is 61.1 Å². The zero-order chi connectivity index (χ0) is 28.6. The zero-order valence-corrected chi connectivity index (χ0v) is 23.3. The molecule has 214 valence electrons. The fourth-order valence-electron chi connectivity index (χ4n) is 5.97. The van der Waals surface area contributed by atoms with Gasteiger partial charge >= 0.3 is 0 Å². The molecule has 5 N–H and O–H groups in total. The molecule has 0 aliphatic carbocycles. The van der Waals surface area contributed by atoms with Gasteiger partial charge in [0.2, 0.25) is 17.7 Å². The van der Waals surface area contributed by atoms with Crippen LogP contribution in [-0.2, 0) is 27.3 Å². The Hall–Kier alpha value is -4.17. The molecule has 1 unspecified atom stereocenters. The third-order valence-electron chi connectivity index (χ3n) is 8.07. The molecule has 4 atom stereocenters. The van der Waals surface area contributed by atoms with Crippen molar-refractivity contribution in [2.45, 2.75) is 62.7 Å². The first kappa shape index (κ1) is 28.4. The number of carbonyl (C=O) groups is 3. The van der Waals surface area contributed by atoms with Crippen molar-refractivity contribution in [2.24, 2.45) is 5.73 Å². The molecule has 0 saturated carbocycles. The Morgan fingerprint density at radius 1 is 0.805 bits per heavy atom. The highest BCUT2D eigenvalue weighted by molar-refractivity contribution is 5.95. The van der Waals surface area contributed by atoms with Crippen LogP contribution in [0.1, 0.15) is 48.3 Å². The van der Waals surface area contributed by atoms with Gasteiger partial charge in [0.15, 0.2) is 0 Å². The molecule has 2 aliphatic rings. The van der Waals surface area contributed by atoms with Crippen LogP contribution in [0.2, 0.25) is 0 Å². The molecule has 3 aromatic rings. The zero-order valence-electron chi connectivity index (χ0n) is 23.3. The average molecular weight is 554 g/mol. The normalized spacial score (nSPS) is 23.1. The summed E-state index contributed by atoms with van der Waals surface area (Å²) in [7, 11) is 0. The van der Waals surface area contributed by atoms with Gasteiger partial charge in [0.25, 0.3) is 0 Å². The molecule has 3 amide bonds. The van der Waals surface area contributed by atoms with Crippen molar-refractivity contribution in [3.63, 3.8) is 0 Å². The van der Waals surface area contributed by atoms with E-state index in [1.807, 2.05) is 84.9 Å². The van der Waals surface area contributed by atoms with E-state index < -0.39 is 18.1 Å². The van der Waals surface area contributed by atoms with E-state index in [1.54, 1.807) is 4.90 Å². The lowest BCUT2D eigenvalue weighted by Gasteiger charge is -2.33. The van der Waals surface area contributed by atoms with E-state index in [4.69, 9.17) is 5.73 Å². The van der Waals surface area contributed by atoms with Gasteiger partial charge in [-0.25, -0.2) is 0 Å². The van der Waals surface area contributed by atoms with E-state index >= 15 is 0 Å². The number of unbranched alkanes of at least 4 members (excludes halogenated alkanes) is 1. The number of amides is 3. The molecule has 8 heteroatoms. The number of carbonyl (C=O) groups excluding carboxylic acids is 3. The first-order chi connectivity index (χ1) is 20.0. The first-order valence-electron chi connectivity index (χ1n) is 14.6. The van der Waals surface area contributed by atoms with Gasteiger partial charge in [-0.1, -0.05) is 72.8 Å². The predicted octanol–water partition coefficient (Wildman–Crippen LogP) is 3.34. The number of nitrogens with one attached hydrogen (secondary N) is 3. The van der Waals surface area contributed by atoms with Crippen LogP contribution in [0.5, 0.6) is 0 Å². The van der Waals surface area contributed by atoms with Crippen molar-refractivity contribution in [3.05, 3.63) is 102 Å². The van der Waals surface area contributed by atoms with Gasteiger partial charge < -0.3 is 26.6 Å². The number of hydrogen-bond acceptors (Lipinski definition) is 5. The largest absolute Gasteiger partial charge is 0.373 e. The fraction of sp³-hybridized carbons (Fsp3) is 0.364. The summed E-state index contributed by atoms with van der Waals surface area (Å²) in [6.07, 6.45) is 3.08. The second-order valence-corrected chi connectivity index (χ2v) is 10.9. The highest BCUT2D eigenvalue weighted by Crippen LogP contribution is 2.35. The lowest BCUT2D eigenvalue weighted by atomic mass is 9.90. The molecule has 8 nitrogen and oxygen atoms in total. The van der Waals surface area contributed by atoms with Crippen molar-refractivity contribution in [2.75, 3.05) is 18.4 Å². The van der Waals surface area contributed by atoms with Crippen LogP contribution in [0.3, 0.4) is 0 Å². The maximum Gasteiger partial charge on any atom is 0.246 e. The van der Waals surface area contributed by atoms with Crippen LogP contribution in [0, 0.1) is 0 Å². The minimum Gasteiger partial charge on any atom is -0.373 e. The van der Waals surface area contributed by atoms with E-state index in [0.717, 1.165) is 28.8 Å². The number of nitrogens with zero attached hydrogens (tertiary/aromatic N) is 1. The van der Waals surface area contributed by atoms with Crippen molar-refractivity contribution in [1.29, 1.82) is 0 Å². The van der Waals surface area contributed by atoms with E-state index in [1.165, 1.54) is 0 Å². The molecule has 2 bridgehead atoms. The van der Waals surface area contributed by atoms with Crippen LogP contribution in [0.25, 0.3) is 0 Å². The summed E-state index contributed by atoms with van der Waals surface area (Å²) in [4.78, 5) is 43.5. The third kappa shape index (κ3) is 6.95. The number of nitrogens with two attached hydrogens (primary N) is 1. The number of hydrogen-bond donors (Lipinski definition) is 4. The molecule has 41 heavy (non-hydrogen) atoms. The minimum atomic E-state index is -0.732. The lowest BCUT2D eigenvalue weighted by molar-refractivity contribution is -0.140. The van der Waals surface area contributed by atoms with E-state index in [9.17, 15) is 14.4 Å². The molecule has 1 fully saturated rings. The molecule has 0 spiro atoms. The van der Waals surface area contributed by atoms with Gasteiger partial charge in [0, 0.05) is 31.1 Å². The molecular formula is C33H39N5O3. The standard InChI is InChI=1S/C33H39N5O3/c34-18-8-7-16-28-31(39)35-22-24-12-9-15-26(20-24)36-29(21-23-10-3-1-4-11-23)33(41)38-19-17-27(30(38)32(40)37-28)25-13-5-2-6-14-25/h1-6,9-15,20,27-30,36H,7-8,16-19,21-22,34H2,(H,35,39)(H,37,40)/t27-,28-,29?,30-/m0/s1. The molecular weight excluding hydrogens is 514 g/mol. The number of anilines is 1. The molecule has 2 aliphatic heterocycles. The second kappa shape index (κ2) is 13.5. The van der Waals surface area contributed by atoms with Gasteiger partial charge in [-0.3, -0.25) is 14.4 Å². The first-order valence-corrected chi connectivity index (χ1v) is 14.6. The number of benzene rings is 3. The van der Waals surface area contributed by atoms with Crippen LogP contribution >= 0.6 is 0 Å². The van der Waals surface area contributed by atoms with Gasteiger partial charge in [0.1, 0.15) is 18.1 Å². The van der Waals surface area contributed by atoms with Crippen molar-refractivity contribution in [3.8, 4) is 0 Å². The Morgan fingerprint density at radius 3 is 2.32 bits per heavy atom. The van der Waals surface area contributed by atoms with Crippen molar-refractivity contribution >= 4 is 23.4 Å². The summed E-state index contributed by atoms with van der Waals surface area (Å²) < 4.78 is 0. The van der Waals surface area contributed by atoms with E-state index in [-0.39, 0.29) is 23.6 Å². The lowest BCUT2D eigenvalue weighted by Crippen LogP contribution is -2.56. The fourth-order valence-corrected chi connectivity index (χ4v) is 5.97. The summed E-state index contributed by atoms with van der Waals surface area (Å²) in [5.74, 6) is -0.841. The van der Waals surface area contributed by atoms with Gasteiger partial charge in [0.05, 0.1) is 0 Å². The minimum absolute atomic E-state index is 0.126. The van der Waals surface area contributed by atoms with E-state index in [2.05, 4.69) is 16.0 Å². The smallest absolute Gasteiger partial charge is 0.246 e. The number of fused-ring (bicyclic) bond motifs is 3. The number of rotatable bonds is 7. The van der Waals surface area contributed by atoms with Crippen LogP contribution in [-0.4, -0.2) is 53.8 Å². The van der Waals surface area contributed by atoms with Crippen molar-refractivity contribution in [1.82, 2.24) is 15.5 Å². The molecule has 3 aromatic carbocycles. The molecule has 1 saturated heterocycles. The summed E-state index contributed by atoms with van der Waals surface area (Å²) in [6, 6.07) is 25.5. The summed E-state index contributed by atoms with van der Waals surface area (Å²) in [6.45, 7) is 1.29. The molecule has 2 heterocycles. The maximum atomic E-state index is 14.4. The third-order valence-corrected chi connectivity index (χ3v) is 8.07. The Bertz CT molecular complexity index is 1330. The molecule has 0 radical (unpaired) electrons. The van der Waals surface area contributed by atoms with Gasteiger partial charge in [-0.15, -0.1) is 0 Å². The Kier molecular flexibility index (Phi) is 9.31. The monoisotopic (exact) mass is 553 g/mol. The average Bonchev–Trinajstić information content (AvgIpc) is 3.45. The summed E-state index contributed by atoms with van der Waals surface area (Å²) in [5.41, 5.74) is 9.45. The second-order valence-electron chi connectivity index (χ2n) is 10.9. The molecule has 0 aromatic heterocycles. The Labute approximate surface area is 241 Å². The summed E-state index contributed by atoms with van der Waals surface area (Å²) >= 11 is 0. The predicted molar refractivity (Wildman–Crippen MR) is 160 cm³/mol. The SMILES string of the molecule is NCCCC[C@@H]1NC(=O)[C@@H]2[C@H](c3ccccc3)CCN2C(=O)C(Cc2ccccc2)Nc2cccc(c2)CNC1=O. The van der Waals surface area contributed by atoms with Gasteiger partial charge in [-0.2, -0.15) is 0 Å². The van der Waals surface area contributed by atoms with E-state index in [0.29, 0.717) is 45.3 Å².